The minimum atomic E-state index is 0.117. The van der Waals surface area contributed by atoms with Crippen molar-refractivity contribution < 1.29 is 4.74 Å². The Morgan fingerprint density at radius 2 is 2.17 bits per heavy atom. The fourth-order valence-electron chi connectivity index (χ4n) is 2.64. The zero-order valence-electron chi connectivity index (χ0n) is 12.7. The maximum atomic E-state index is 5.88. The molecule has 0 radical (unpaired) electrons. The Morgan fingerprint density at radius 1 is 1.35 bits per heavy atom. The summed E-state index contributed by atoms with van der Waals surface area (Å²) in [6.45, 7) is 4.77. The maximum absolute atomic E-state index is 5.88. The predicted molar refractivity (Wildman–Crippen MR) is 94.1 cm³/mol. The summed E-state index contributed by atoms with van der Waals surface area (Å²) in [6, 6.07) is 8.27. The molecule has 0 bridgehead atoms. The first-order valence-electron chi connectivity index (χ1n) is 7.42. The van der Waals surface area contributed by atoms with Crippen molar-refractivity contribution in [2.24, 2.45) is 0 Å². The molecule has 7 heteroatoms. The molecule has 0 aliphatic carbocycles. The van der Waals surface area contributed by atoms with Crippen molar-refractivity contribution >= 4 is 27.3 Å². The Labute approximate surface area is 146 Å². The highest BCUT2D eigenvalue weighted by atomic mass is 79.9. The molecule has 3 heterocycles. The monoisotopic (exact) mass is 390 g/mol. The number of halogens is 1. The summed E-state index contributed by atoms with van der Waals surface area (Å²) in [7, 11) is 0. The summed E-state index contributed by atoms with van der Waals surface area (Å²) in [5, 5.41) is 5.21. The summed E-state index contributed by atoms with van der Waals surface area (Å²) in [6.07, 6.45) is 1.59. The van der Waals surface area contributed by atoms with Crippen LogP contribution in [-0.4, -0.2) is 26.4 Å². The molecular formula is C16H15BrN4OS. The number of fused-ring (bicyclic) bond motifs is 3. The van der Waals surface area contributed by atoms with Crippen molar-refractivity contribution in [1.29, 1.82) is 0 Å². The number of nitrogens with zero attached hydrogens (tertiary/aromatic N) is 4. The van der Waals surface area contributed by atoms with Gasteiger partial charge in [-0.25, -0.2) is 14.6 Å². The molecule has 0 N–H and O–H groups in total. The van der Waals surface area contributed by atoms with Gasteiger partial charge in [-0.05, 0) is 26.0 Å². The molecule has 0 amide bonds. The Morgan fingerprint density at radius 3 is 3.00 bits per heavy atom. The molecule has 3 aromatic rings. The quantitative estimate of drug-likeness (QED) is 0.605. The Bertz CT molecular complexity index is 857. The van der Waals surface area contributed by atoms with Crippen molar-refractivity contribution in [3.8, 4) is 27.8 Å². The van der Waals surface area contributed by atoms with Gasteiger partial charge in [-0.1, -0.05) is 28.1 Å². The SMILES string of the molecule is CC(C)n1ncnc1-c1nc2c(s1)C(Br)COc1ccccc1-2. The third-order valence-corrected chi connectivity index (χ3v) is 5.91. The highest BCUT2D eigenvalue weighted by molar-refractivity contribution is 9.09. The van der Waals surface area contributed by atoms with Crippen LogP contribution in [0.25, 0.3) is 22.1 Å². The maximum Gasteiger partial charge on any atom is 0.187 e. The van der Waals surface area contributed by atoms with Gasteiger partial charge in [-0.2, -0.15) is 5.10 Å². The van der Waals surface area contributed by atoms with E-state index in [9.17, 15) is 0 Å². The van der Waals surface area contributed by atoms with Crippen LogP contribution in [-0.2, 0) is 0 Å². The van der Waals surface area contributed by atoms with E-state index in [1.54, 1.807) is 17.7 Å². The average Bonchev–Trinajstić information content (AvgIpc) is 3.17. The first-order valence-corrected chi connectivity index (χ1v) is 9.15. The van der Waals surface area contributed by atoms with E-state index in [2.05, 4.69) is 45.9 Å². The van der Waals surface area contributed by atoms with Crippen LogP contribution >= 0.6 is 27.3 Å². The highest BCUT2D eigenvalue weighted by Crippen LogP contribution is 2.45. The summed E-state index contributed by atoms with van der Waals surface area (Å²) >= 11 is 5.37. The van der Waals surface area contributed by atoms with Gasteiger partial charge in [0.15, 0.2) is 10.8 Å². The van der Waals surface area contributed by atoms with Crippen LogP contribution in [0.2, 0.25) is 0 Å². The number of ether oxygens (including phenoxy) is 1. The predicted octanol–water partition coefficient (Wildman–Crippen LogP) is 4.48. The van der Waals surface area contributed by atoms with E-state index in [-0.39, 0.29) is 10.9 Å². The van der Waals surface area contributed by atoms with Gasteiger partial charge in [0.1, 0.15) is 18.7 Å². The zero-order valence-corrected chi connectivity index (χ0v) is 15.1. The summed E-state index contributed by atoms with van der Waals surface area (Å²) in [5.74, 6) is 1.69. The molecule has 118 valence electrons. The standard InChI is InChI=1S/C16H15BrN4OS/c1-9(2)21-15(18-8-19-21)16-20-13-10-5-3-4-6-12(10)22-7-11(17)14(13)23-16/h3-6,8-9,11H,7H2,1-2H3. The molecule has 1 aliphatic rings. The molecule has 1 atom stereocenters. The molecule has 5 nitrogen and oxygen atoms in total. The summed E-state index contributed by atoms with van der Waals surface area (Å²) in [4.78, 5) is 10.6. The van der Waals surface area contributed by atoms with Crippen molar-refractivity contribution in [2.75, 3.05) is 6.61 Å². The molecule has 23 heavy (non-hydrogen) atoms. The third kappa shape index (κ3) is 2.48. The molecule has 0 fully saturated rings. The number of para-hydroxylation sites is 1. The van der Waals surface area contributed by atoms with Crippen LogP contribution in [0.5, 0.6) is 5.75 Å². The Hall–Kier alpha value is -1.73. The minimum absolute atomic E-state index is 0.117. The number of alkyl halides is 1. The summed E-state index contributed by atoms with van der Waals surface area (Å²) in [5.41, 5.74) is 2.00. The van der Waals surface area contributed by atoms with Gasteiger partial charge in [0.2, 0.25) is 0 Å². The van der Waals surface area contributed by atoms with Crippen molar-refractivity contribution in [1.82, 2.24) is 19.7 Å². The van der Waals surface area contributed by atoms with Crippen LogP contribution in [0.4, 0.5) is 0 Å². The lowest BCUT2D eigenvalue weighted by molar-refractivity contribution is 0.326. The number of aromatic nitrogens is 4. The van der Waals surface area contributed by atoms with Gasteiger partial charge in [0, 0.05) is 11.6 Å². The second kappa shape index (κ2) is 5.72. The van der Waals surface area contributed by atoms with Crippen molar-refractivity contribution in [2.45, 2.75) is 24.7 Å². The van der Waals surface area contributed by atoms with E-state index in [1.807, 2.05) is 22.9 Å². The largest absolute Gasteiger partial charge is 0.491 e. The van der Waals surface area contributed by atoms with Crippen molar-refractivity contribution in [3.05, 3.63) is 35.5 Å². The third-order valence-electron chi connectivity index (χ3n) is 3.72. The van der Waals surface area contributed by atoms with Crippen LogP contribution in [0.15, 0.2) is 30.6 Å². The van der Waals surface area contributed by atoms with E-state index in [1.165, 1.54) is 4.88 Å². The van der Waals surface area contributed by atoms with Crippen LogP contribution < -0.4 is 4.74 Å². The number of hydrogen-bond donors (Lipinski definition) is 0. The normalized spacial score (nSPS) is 16.6. The Balaban J connectivity index is 1.90. The van der Waals surface area contributed by atoms with Gasteiger partial charge in [-0.3, -0.25) is 0 Å². The van der Waals surface area contributed by atoms with E-state index in [4.69, 9.17) is 9.72 Å². The van der Waals surface area contributed by atoms with Gasteiger partial charge >= 0.3 is 0 Å². The molecule has 4 rings (SSSR count). The minimum Gasteiger partial charge on any atom is -0.491 e. The fraction of sp³-hybridized carbons (Fsp3) is 0.312. The second-order valence-electron chi connectivity index (χ2n) is 5.63. The summed E-state index contributed by atoms with van der Waals surface area (Å²) < 4.78 is 7.79. The van der Waals surface area contributed by atoms with Crippen LogP contribution in [0.3, 0.4) is 0 Å². The highest BCUT2D eigenvalue weighted by Gasteiger charge is 2.27. The number of benzene rings is 1. The van der Waals surface area contributed by atoms with Gasteiger partial charge in [-0.15, -0.1) is 11.3 Å². The molecule has 0 spiro atoms. The van der Waals surface area contributed by atoms with E-state index < -0.39 is 0 Å². The van der Waals surface area contributed by atoms with E-state index >= 15 is 0 Å². The molecule has 1 aromatic carbocycles. The van der Waals surface area contributed by atoms with E-state index in [0.29, 0.717) is 6.61 Å². The number of hydrogen-bond acceptors (Lipinski definition) is 5. The fourth-order valence-corrected chi connectivity index (χ4v) is 4.30. The van der Waals surface area contributed by atoms with Gasteiger partial charge in [0.25, 0.3) is 0 Å². The van der Waals surface area contributed by atoms with Crippen molar-refractivity contribution in [3.63, 3.8) is 0 Å². The Kier molecular flexibility index (Phi) is 3.69. The number of rotatable bonds is 2. The molecule has 0 saturated carbocycles. The average molecular weight is 391 g/mol. The molecule has 1 unspecified atom stereocenters. The lowest BCUT2D eigenvalue weighted by Gasteiger charge is -2.08. The first-order chi connectivity index (χ1) is 11.1. The van der Waals surface area contributed by atoms with Gasteiger partial charge < -0.3 is 4.74 Å². The lowest BCUT2D eigenvalue weighted by Crippen LogP contribution is -2.04. The van der Waals surface area contributed by atoms with Crippen LogP contribution in [0, 0.1) is 0 Å². The smallest absolute Gasteiger partial charge is 0.187 e. The van der Waals surface area contributed by atoms with Gasteiger partial charge in [0.05, 0.1) is 15.4 Å². The lowest BCUT2D eigenvalue weighted by atomic mass is 10.1. The molecule has 2 aromatic heterocycles. The first kappa shape index (κ1) is 14.8. The molecule has 1 aliphatic heterocycles. The van der Waals surface area contributed by atoms with E-state index in [0.717, 1.165) is 27.8 Å². The topological polar surface area (TPSA) is 52.8 Å². The zero-order chi connectivity index (χ0) is 16.0. The molecule has 0 saturated heterocycles. The molecular weight excluding hydrogens is 376 g/mol. The number of thiazole rings is 1. The second-order valence-corrected chi connectivity index (χ2v) is 7.76. The van der Waals surface area contributed by atoms with Crippen LogP contribution in [0.1, 0.15) is 29.6 Å².